The summed E-state index contributed by atoms with van der Waals surface area (Å²) in [4.78, 5) is 0. The SMILES string of the molecule is S=[S-](=S)N1CCCOCC1. The summed E-state index contributed by atoms with van der Waals surface area (Å²) in [5, 5.41) is 0. The highest BCUT2D eigenvalue weighted by Crippen LogP contribution is 1.98. The van der Waals surface area contributed by atoms with Crippen molar-refractivity contribution in [3.63, 3.8) is 0 Å². The molecular formula is C5H10NOS3-. The van der Waals surface area contributed by atoms with E-state index in [2.05, 4.69) is 4.31 Å². The summed E-state index contributed by atoms with van der Waals surface area (Å²) in [6.07, 6.45) is 1.07. The highest BCUT2D eigenvalue weighted by Gasteiger charge is 2.00. The molecule has 0 aromatic carbocycles. The molecule has 0 saturated carbocycles. The summed E-state index contributed by atoms with van der Waals surface area (Å²) in [5.74, 6) is 0. The summed E-state index contributed by atoms with van der Waals surface area (Å²) in [6, 6.07) is 0. The molecule has 0 radical (unpaired) electrons. The molecule has 0 unspecified atom stereocenters. The fourth-order valence-electron chi connectivity index (χ4n) is 0.872. The molecular weight excluding hydrogens is 186 g/mol. The molecule has 1 saturated heterocycles. The molecule has 0 aromatic rings. The monoisotopic (exact) mass is 196 g/mol. The van der Waals surface area contributed by atoms with Gasteiger partial charge < -0.3 is 9.04 Å². The highest BCUT2D eigenvalue weighted by atomic mass is 33.1. The summed E-state index contributed by atoms with van der Waals surface area (Å²) in [6.45, 7) is 3.57. The Morgan fingerprint density at radius 3 is 2.70 bits per heavy atom. The van der Waals surface area contributed by atoms with E-state index < -0.39 is 8.20 Å². The summed E-state index contributed by atoms with van der Waals surface area (Å²) in [5.41, 5.74) is 0. The third-order valence-electron chi connectivity index (χ3n) is 1.39. The standard InChI is InChI=1S/C5H10NOS3/c8-10(9)6-2-1-4-7-5-3-6/h1-5H2/q-1. The van der Waals surface area contributed by atoms with Gasteiger partial charge in [0.25, 0.3) is 0 Å². The van der Waals surface area contributed by atoms with Crippen LogP contribution in [0.2, 0.25) is 0 Å². The molecule has 2 nitrogen and oxygen atoms in total. The van der Waals surface area contributed by atoms with E-state index in [9.17, 15) is 0 Å². The number of rotatable bonds is 1. The lowest BCUT2D eigenvalue weighted by Gasteiger charge is -2.24. The van der Waals surface area contributed by atoms with Crippen molar-refractivity contribution >= 4 is 30.6 Å². The average Bonchev–Trinajstić information content (AvgIpc) is 2.12. The molecule has 0 spiro atoms. The maximum Gasteiger partial charge on any atom is 0.0577 e. The zero-order valence-electron chi connectivity index (χ0n) is 5.62. The van der Waals surface area contributed by atoms with Gasteiger partial charge in [-0.1, -0.05) is 0 Å². The Hall–Kier alpha value is 0.710. The molecule has 1 rings (SSSR count). The Kier molecular flexibility index (Phi) is 4.01. The molecule has 0 aliphatic carbocycles. The quantitative estimate of drug-likeness (QED) is 0.554. The molecule has 0 bridgehead atoms. The van der Waals surface area contributed by atoms with E-state index in [1.54, 1.807) is 0 Å². The van der Waals surface area contributed by atoms with Crippen LogP contribution >= 0.6 is 0 Å². The highest BCUT2D eigenvalue weighted by molar-refractivity contribution is 8.45. The summed E-state index contributed by atoms with van der Waals surface area (Å²) < 4.78 is 7.37. The minimum Gasteiger partial charge on any atom is -0.381 e. The fourth-order valence-corrected chi connectivity index (χ4v) is 2.27. The Labute approximate surface area is 72.5 Å². The zero-order chi connectivity index (χ0) is 7.40. The van der Waals surface area contributed by atoms with Crippen molar-refractivity contribution in [1.82, 2.24) is 4.31 Å². The van der Waals surface area contributed by atoms with E-state index in [4.69, 9.17) is 27.1 Å². The Bertz CT molecular complexity index is 152. The van der Waals surface area contributed by atoms with Crippen LogP contribution in [0, 0.1) is 0 Å². The van der Waals surface area contributed by atoms with E-state index in [1.165, 1.54) is 0 Å². The van der Waals surface area contributed by atoms with Crippen LogP contribution in [0.3, 0.4) is 0 Å². The van der Waals surface area contributed by atoms with Crippen molar-refractivity contribution in [1.29, 1.82) is 0 Å². The summed E-state index contributed by atoms with van der Waals surface area (Å²) >= 11 is 9.94. The van der Waals surface area contributed by atoms with Gasteiger partial charge in [-0.05, 0) is 13.0 Å². The maximum absolute atomic E-state index is 5.25. The van der Waals surface area contributed by atoms with Crippen LogP contribution in [-0.4, -0.2) is 30.6 Å². The topological polar surface area (TPSA) is 12.5 Å². The van der Waals surface area contributed by atoms with Gasteiger partial charge in [0.15, 0.2) is 0 Å². The van der Waals surface area contributed by atoms with Gasteiger partial charge in [-0.2, -0.15) is 0 Å². The zero-order valence-corrected chi connectivity index (χ0v) is 8.07. The molecule has 5 heteroatoms. The van der Waals surface area contributed by atoms with Gasteiger partial charge >= 0.3 is 0 Å². The third-order valence-corrected chi connectivity index (χ3v) is 3.44. The van der Waals surface area contributed by atoms with Gasteiger partial charge in [0.2, 0.25) is 0 Å². The van der Waals surface area contributed by atoms with E-state index in [0.717, 1.165) is 32.7 Å². The largest absolute Gasteiger partial charge is 0.381 e. The Morgan fingerprint density at radius 2 is 2.00 bits per heavy atom. The lowest BCUT2D eigenvalue weighted by Crippen LogP contribution is -2.23. The van der Waals surface area contributed by atoms with Crippen LogP contribution in [0.15, 0.2) is 0 Å². The van der Waals surface area contributed by atoms with Crippen LogP contribution in [0.5, 0.6) is 0 Å². The molecule has 0 atom stereocenters. The first-order valence-corrected chi connectivity index (χ1v) is 6.26. The van der Waals surface area contributed by atoms with Crippen molar-refractivity contribution in [2.24, 2.45) is 0 Å². The van der Waals surface area contributed by atoms with Gasteiger partial charge in [-0.15, -0.1) is 0 Å². The van der Waals surface area contributed by atoms with Gasteiger partial charge in [-0.25, -0.2) is 22.4 Å². The van der Waals surface area contributed by atoms with E-state index in [0.29, 0.717) is 0 Å². The minimum absolute atomic E-state index is 0.393. The van der Waals surface area contributed by atoms with Crippen LogP contribution in [0.25, 0.3) is 0 Å². The molecule has 0 N–H and O–H groups in total. The number of hydrogen-bond acceptors (Lipinski definition) is 4. The first-order chi connectivity index (χ1) is 4.80. The van der Waals surface area contributed by atoms with Gasteiger partial charge in [0.05, 0.1) is 6.61 Å². The predicted molar refractivity (Wildman–Crippen MR) is 49.1 cm³/mol. The lowest BCUT2D eigenvalue weighted by molar-refractivity contribution is 0.148. The van der Waals surface area contributed by atoms with Crippen molar-refractivity contribution in [2.75, 3.05) is 26.3 Å². The predicted octanol–water partition coefficient (Wildman–Crippen LogP) is 0.166. The van der Waals surface area contributed by atoms with Crippen molar-refractivity contribution in [3.8, 4) is 0 Å². The summed E-state index contributed by atoms with van der Waals surface area (Å²) in [7, 11) is -0.393. The molecule has 1 fully saturated rings. The van der Waals surface area contributed by atoms with Gasteiger partial charge in [0, 0.05) is 13.2 Å². The van der Waals surface area contributed by atoms with E-state index in [1.807, 2.05) is 0 Å². The number of hydrogen-bond donors (Lipinski definition) is 0. The average molecular weight is 196 g/mol. The number of nitrogens with zero attached hydrogens (tertiary/aromatic N) is 1. The van der Waals surface area contributed by atoms with E-state index >= 15 is 0 Å². The maximum atomic E-state index is 5.25. The normalized spacial score (nSPS) is 22.9. The van der Waals surface area contributed by atoms with Crippen molar-refractivity contribution in [3.05, 3.63) is 0 Å². The van der Waals surface area contributed by atoms with Crippen LogP contribution < -0.4 is 0 Å². The van der Waals surface area contributed by atoms with E-state index in [-0.39, 0.29) is 0 Å². The fraction of sp³-hybridized carbons (Fsp3) is 1.00. The third kappa shape index (κ3) is 2.75. The molecule has 1 aliphatic heterocycles. The second kappa shape index (κ2) is 4.56. The van der Waals surface area contributed by atoms with Crippen LogP contribution in [0.1, 0.15) is 6.42 Å². The first kappa shape index (κ1) is 8.80. The van der Waals surface area contributed by atoms with Gasteiger partial charge in [-0.3, -0.25) is 8.20 Å². The molecule has 60 valence electrons. The Balaban J connectivity index is 2.43. The second-order valence-electron chi connectivity index (χ2n) is 2.11. The second-order valence-corrected chi connectivity index (χ2v) is 5.59. The molecule has 1 heterocycles. The van der Waals surface area contributed by atoms with Crippen LogP contribution in [0.4, 0.5) is 0 Å². The molecule has 0 amide bonds. The molecule has 0 aromatic heterocycles. The lowest BCUT2D eigenvalue weighted by atomic mass is 10.5. The van der Waals surface area contributed by atoms with Crippen LogP contribution in [-0.2, 0) is 35.3 Å². The van der Waals surface area contributed by atoms with Gasteiger partial charge in [0.1, 0.15) is 0 Å². The van der Waals surface area contributed by atoms with Crippen molar-refractivity contribution < 1.29 is 4.74 Å². The smallest absolute Gasteiger partial charge is 0.0577 e. The van der Waals surface area contributed by atoms with Crippen molar-refractivity contribution in [2.45, 2.75) is 6.42 Å². The minimum atomic E-state index is -0.393. The molecule has 1 aliphatic rings. The number of ether oxygens (including phenoxy) is 1. The molecule has 10 heavy (non-hydrogen) atoms. The first-order valence-electron chi connectivity index (χ1n) is 3.23. The Morgan fingerprint density at radius 1 is 1.20 bits per heavy atom.